The summed E-state index contributed by atoms with van der Waals surface area (Å²) < 4.78 is 5.39. The Morgan fingerprint density at radius 1 is 1.21 bits per heavy atom. The Morgan fingerprint density at radius 3 is 2.68 bits per heavy atom. The van der Waals surface area contributed by atoms with Crippen LogP contribution >= 0.6 is 11.3 Å². The molecule has 1 amide bonds. The van der Waals surface area contributed by atoms with Gasteiger partial charge in [0.15, 0.2) is 11.6 Å². The monoisotopic (exact) mass is 388 g/mol. The third-order valence-electron chi connectivity index (χ3n) is 4.41. The number of hydrogen-bond acceptors (Lipinski definition) is 6. The summed E-state index contributed by atoms with van der Waals surface area (Å²) >= 11 is 1.34. The first-order valence-electron chi connectivity index (χ1n) is 8.65. The minimum atomic E-state index is -0.188. The van der Waals surface area contributed by atoms with Gasteiger partial charge in [0.2, 0.25) is 0 Å². The van der Waals surface area contributed by atoms with Crippen LogP contribution in [0.15, 0.2) is 47.1 Å². The normalized spacial score (nSPS) is 10.8. The predicted octanol–water partition coefficient (Wildman–Crippen LogP) is 4.89. The van der Waals surface area contributed by atoms with Crippen LogP contribution in [0.4, 0.5) is 5.69 Å². The molecule has 1 aromatic carbocycles. The summed E-state index contributed by atoms with van der Waals surface area (Å²) in [6.45, 7) is 3.82. The second kappa shape index (κ2) is 7.25. The highest BCUT2D eigenvalue weighted by Gasteiger charge is 2.20. The van der Waals surface area contributed by atoms with Gasteiger partial charge in [0, 0.05) is 11.1 Å². The van der Waals surface area contributed by atoms with Crippen molar-refractivity contribution >= 4 is 33.1 Å². The molecule has 0 atom stereocenters. The average Bonchev–Trinajstić information content (AvgIpc) is 3.32. The molecule has 0 bridgehead atoms. The first-order chi connectivity index (χ1) is 13.6. The van der Waals surface area contributed by atoms with Crippen molar-refractivity contribution in [1.29, 1.82) is 5.26 Å². The number of carbonyl (C=O) groups excluding carboxylic acids is 1. The number of nitrogens with zero attached hydrogens (tertiary/aromatic N) is 3. The van der Waals surface area contributed by atoms with Crippen LogP contribution < -0.4 is 5.32 Å². The van der Waals surface area contributed by atoms with Crippen molar-refractivity contribution in [1.82, 2.24) is 9.97 Å². The van der Waals surface area contributed by atoms with E-state index < -0.39 is 0 Å². The highest BCUT2D eigenvalue weighted by atomic mass is 32.1. The SMILES string of the molecule is Cc1nc(-c2ccco2)nc2sc(C(=O)Nc3ccc(CC#N)cc3)c(C)c12. The van der Waals surface area contributed by atoms with Crippen molar-refractivity contribution in [3.63, 3.8) is 0 Å². The number of anilines is 1. The van der Waals surface area contributed by atoms with E-state index in [9.17, 15) is 4.79 Å². The van der Waals surface area contributed by atoms with Crippen LogP contribution in [0.3, 0.4) is 0 Å². The number of hydrogen-bond donors (Lipinski definition) is 1. The Morgan fingerprint density at radius 2 is 2.00 bits per heavy atom. The third-order valence-corrected chi connectivity index (χ3v) is 5.60. The van der Waals surface area contributed by atoms with Gasteiger partial charge in [-0.25, -0.2) is 9.97 Å². The lowest BCUT2D eigenvalue weighted by atomic mass is 10.1. The van der Waals surface area contributed by atoms with Gasteiger partial charge in [-0.1, -0.05) is 12.1 Å². The van der Waals surface area contributed by atoms with Crippen molar-refractivity contribution in [3.05, 3.63) is 64.4 Å². The first kappa shape index (κ1) is 17.9. The molecule has 7 heteroatoms. The van der Waals surface area contributed by atoms with Crippen LogP contribution in [-0.2, 0) is 6.42 Å². The summed E-state index contributed by atoms with van der Waals surface area (Å²) in [5.74, 6) is 0.920. The van der Waals surface area contributed by atoms with Gasteiger partial charge in [0.1, 0.15) is 4.83 Å². The average molecular weight is 388 g/mol. The smallest absolute Gasteiger partial charge is 0.266 e. The van der Waals surface area contributed by atoms with Gasteiger partial charge in [-0.3, -0.25) is 4.79 Å². The predicted molar refractivity (Wildman–Crippen MR) is 108 cm³/mol. The van der Waals surface area contributed by atoms with E-state index in [0.29, 0.717) is 28.6 Å². The molecule has 1 N–H and O–H groups in total. The molecule has 4 aromatic rings. The number of carbonyl (C=O) groups is 1. The molecule has 28 heavy (non-hydrogen) atoms. The second-order valence-corrected chi connectivity index (χ2v) is 7.33. The molecule has 3 heterocycles. The number of nitriles is 1. The maximum absolute atomic E-state index is 12.8. The van der Waals surface area contributed by atoms with E-state index in [1.807, 2.05) is 32.0 Å². The third kappa shape index (κ3) is 3.26. The molecular weight excluding hydrogens is 372 g/mol. The number of benzene rings is 1. The van der Waals surface area contributed by atoms with Crippen molar-refractivity contribution in [2.75, 3.05) is 5.32 Å². The van der Waals surface area contributed by atoms with Crippen molar-refractivity contribution in [2.24, 2.45) is 0 Å². The molecule has 0 saturated heterocycles. The quantitative estimate of drug-likeness (QED) is 0.537. The summed E-state index contributed by atoms with van der Waals surface area (Å²) in [6.07, 6.45) is 1.93. The zero-order valence-electron chi connectivity index (χ0n) is 15.3. The van der Waals surface area contributed by atoms with Crippen LogP contribution in [0.2, 0.25) is 0 Å². The minimum Gasteiger partial charge on any atom is -0.461 e. The van der Waals surface area contributed by atoms with Crippen LogP contribution in [0.1, 0.15) is 26.5 Å². The van der Waals surface area contributed by atoms with Crippen LogP contribution in [0.25, 0.3) is 21.8 Å². The van der Waals surface area contributed by atoms with E-state index in [0.717, 1.165) is 27.0 Å². The molecule has 0 aliphatic rings. The number of amides is 1. The van der Waals surface area contributed by atoms with Crippen molar-refractivity contribution < 1.29 is 9.21 Å². The van der Waals surface area contributed by atoms with E-state index in [4.69, 9.17) is 9.68 Å². The fourth-order valence-corrected chi connectivity index (χ4v) is 4.18. The van der Waals surface area contributed by atoms with E-state index >= 15 is 0 Å². The Kier molecular flexibility index (Phi) is 4.63. The van der Waals surface area contributed by atoms with E-state index in [1.165, 1.54) is 11.3 Å². The molecule has 3 aromatic heterocycles. The first-order valence-corrected chi connectivity index (χ1v) is 9.47. The fourth-order valence-electron chi connectivity index (χ4n) is 3.06. The number of fused-ring (bicyclic) bond motifs is 1. The van der Waals surface area contributed by atoms with Gasteiger partial charge >= 0.3 is 0 Å². The molecule has 0 aliphatic carbocycles. The van der Waals surface area contributed by atoms with Gasteiger partial charge < -0.3 is 9.73 Å². The van der Waals surface area contributed by atoms with Gasteiger partial charge in [-0.15, -0.1) is 11.3 Å². The Labute approximate surface area is 165 Å². The van der Waals surface area contributed by atoms with Crippen LogP contribution in [0, 0.1) is 25.2 Å². The maximum atomic E-state index is 12.8. The minimum absolute atomic E-state index is 0.188. The number of aromatic nitrogens is 2. The molecule has 0 spiro atoms. The van der Waals surface area contributed by atoms with Crippen LogP contribution in [0.5, 0.6) is 0 Å². The molecule has 6 nitrogen and oxygen atoms in total. The summed E-state index contributed by atoms with van der Waals surface area (Å²) in [6, 6.07) is 13.0. The highest BCUT2D eigenvalue weighted by molar-refractivity contribution is 7.20. The molecular formula is C21H16N4O2S. The lowest BCUT2D eigenvalue weighted by molar-refractivity contribution is 0.103. The zero-order chi connectivity index (χ0) is 19.7. The van der Waals surface area contributed by atoms with E-state index in [1.54, 1.807) is 24.5 Å². The maximum Gasteiger partial charge on any atom is 0.266 e. The lowest BCUT2D eigenvalue weighted by Gasteiger charge is -2.05. The number of aryl methyl sites for hydroxylation is 2. The second-order valence-electron chi connectivity index (χ2n) is 6.33. The lowest BCUT2D eigenvalue weighted by Crippen LogP contribution is -2.11. The Hall–Kier alpha value is -3.50. The number of furan rings is 1. The van der Waals surface area contributed by atoms with Gasteiger partial charge in [-0.05, 0) is 49.2 Å². The zero-order valence-corrected chi connectivity index (χ0v) is 16.1. The van der Waals surface area contributed by atoms with Crippen molar-refractivity contribution in [3.8, 4) is 17.7 Å². The molecule has 0 aliphatic heterocycles. The number of nitrogens with one attached hydrogen (secondary N) is 1. The fraction of sp³-hybridized carbons (Fsp3) is 0.143. The topological polar surface area (TPSA) is 91.8 Å². The highest BCUT2D eigenvalue weighted by Crippen LogP contribution is 2.33. The molecule has 4 rings (SSSR count). The molecule has 138 valence electrons. The van der Waals surface area contributed by atoms with Gasteiger partial charge in [-0.2, -0.15) is 5.26 Å². The Bertz CT molecular complexity index is 1200. The number of rotatable bonds is 4. The summed E-state index contributed by atoms with van der Waals surface area (Å²) in [4.78, 5) is 23.3. The molecule has 0 radical (unpaired) electrons. The molecule has 0 fully saturated rings. The summed E-state index contributed by atoms with van der Waals surface area (Å²) in [5, 5.41) is 12.6. The van der Waals surface area contributed by atoms with Crippen LogP contribution in [-0.4, -0.2) is 15.9 Å². The van der Waals surface area contributed by atoms with Crippen molar-refractivity contribution in [2.45, 2.75) is 20.3 Å². The molecule has 0 unspecified atom stereocenters. The Balaban J connectivity index is 1.66. The van der Waals surface area contributed by atoms with Gasteiger partial charge in [0.05, 0.1) is 29.3 Å². The van der Waals surface area contributed by atoms with Gasteiger partial charge in [0.25, 0.3) is 5.91 Å². The standard InChI is InChI=1S/C21H16N4O2S/c1-12-17-13(2)23-19(16-4-3-11-27-16)25-21(17)28-18(12)20(26)24-15-7-5-14(6-8-15)9-10-22/h3-8,11H,9H2,1-2H3,(H,24,26). The summed E-state index contributed by atoms with van der Waals surface area (Å²) in [5.41, 5.74) is 3.27. The largest absolute Gasteiger partial charge is 0.461 e. The van der Waals surface area contributed by atoms with E-state index in [2.05, 4.69) is 21.4 Å². The molecule has 0 saturated carbocycles. The van der Waals surface area contributed by atoms with E-state index in [-0.39, 0.29) is 5.91 Å². The number of thiophene rings is 1. The summed E-state index contributed by atoms with van der Waals surface area (Å²) in [7, 11) is 0.